The average Bonchev–Trinajstić information content (AvgIpc) is 3.16. The van der Waals surface area contributed by atoms with Gasteiger partial charge in [-0.05, 0) is 38.8 Å². The minimum atomic E-state index is -0.144. The molecule has 1 saturated carbocycles. The molecular weight excluding hydrogens is 252 g/mol. The Labute approximate surface area is 118 Å². The lowest BCUT2D eigenvalue weighted by molar-refractivity contribution is 0.238. The monoisotopic (exact) mass is 272 g/mol. The molecule has 0 aliphatic heterocycles. The molecule has 1 aliphatic carbocycles. The Morgan fingerprint density at radius 2 is 2.15 bits per heavy atom. The molecule has 1 heterocycles. The van der Waals surface area contributed by atoms with Crippen molar-refractivity contribution in [2.45, 2.75) is 45.3 Å². The van der Waals surface area contributed by atoms with Crippen molar-refractivity contribution in [3.05, 3.63) is 30.1 Å². The van der Waals surface area contributed by atoms with Crippen molar-refractivity contribution < 1.29 is 4.79 Å². The number of amides is 2. The number of hydrogen-bond acceptors (Lipinski definition) is 2. The molecule has 0 saturated heterocycles. The summed E-state index contributed by atoms with van der Waals surface area (Å²) >= 11 is 0. The predicted molar refractivity (Wildman–Crippen MR) is 78.5 cm³/mol. The molecule has 2 amide bonds. The molecule has 1 fully saturated rings. The molecule has 0 bridgehead atoms. The quantitative estimate of drug-likeness (QED) is 0.898. The van der Waals surface area contributed by atoms with Gasteiger partial charge < -0.3 is 15.2 Å². The second kappa shape index (κ2) is 5.15. The number of fused-ring (bicyclic) bond motifs is 1. The average molecular weight is 272 g/mol. The zero-order valence-corrected chi connectivity index (χ0v) is 11.9. The van der Waals surface area contributed by atoms with Gasteiger partial charge in [0.2, 0.25) is 0 Å². The molecule has 20 heavy (non-hydrogen) atoms. The minimum Gasteiger partial charge on any atom is -0.336 e. The van der Waals surface area contributed by atoms with Gasteiger partial charge >= 0.3 is 6.03 Å². The van der Waals surface area contributed by atoms with Crippen LogP contribution in [0.4, 0.5) is 4.79 Å². The molecule has 3 rings (SSSR count). The summed E-state index contributed by atoms with van der Waals surface area (Å²) in [5, 5.41) is 5.70. The zero-order chi connectivity index (χ0) is 14.1. The zero-order valence-electron chi connectivity index (χ0n) is 11.9. The van der Waals surface area contributed by atoms with Crippen LogP contribution in [0.3, 0.4) is 0 Å². The number of aromatic nitrogens is 2. The van der Waals surface area contributed by atoms with Crippen molar-refractivity contribution >= 4 is 17.1 Å². The van der Waals surface area contributed by atoms with Gasteiger partial charge in [0.25, 0.3) is 0 Å². The van der Waals surface area contributed by atoms with E-state index in [1.54, 1.807) is 0 Å². The molecule has 5 nitrogen and oxygen atoms in total. The third-order valence-electron chi connectivity index (χ3n) is 3.41. The topological polar surface area (TPSA) is 59.0 Å². The Balaban J connectivity index is 1.80. The second-order valence-electron chi connectivity index (χ2n) is 5.60. The summed E-state index contributed by atoms with van der Waals surface area (Å²) in [5.74, 6) is 0.938. The van der Waals surface area contributed by atoms with E-state index < -0.39 is 0 Å². The lowest BCUT2D eigenvalue weighted by Gasteiger charge is -2.11. The minimum absolute atomic E-state index is 0.136. The van der Waals surface area contributed by atoms with Crippen LogP contribution < -0.4 is 10.6 Å². The molecule has 5 heteroatoms. The maximum atomic E-state index is 11.7. The number of rotatable bonds is 4. The lowest BCUT2D eigenvalue weighted by atomic mass is 10.3. The van der Waals surface area contributed by atoms with E-state index in [1.807, 2.05) is 32.0 Å². The standard InChI is InChI=1S/C15H20N4O/c1-10(2)17-15(20)16-9-14-18-12-5-3-4-6-13(12)19(14)11-7-8-11/h3-6,10-11H,7-9H2,1-2H3,(H2,16,17,20). The number of urea groups is 1. The largest absolute Gasteiger partial charge is 0.336 e. The third kappa shape index (κ3) is 2.61. The van der Waals surface area contributed by atoms with E-state index in [0.717, 1.165) is 16.9 Å². The smallest absolute Gasteiger partial charge is 0.315 e. The number of hydrogen-bond donors (Lipinski definition) is 2. The summed E-state index contributed by atoms with van der Waals surface area (Å²) in [6.45, 7) is 4.35. The molecule has 0 spiro atoms. The highest BCUT2D eigenvalue weighted by molar-refractivity contribution is 5.77. The van der Waals surface area contributed by atoms with Crippen LogP contribution in [0.2, 0.25) is 0 Å². The van der Waals surface area contributed by atoms with Gasteiger partial charge in [-0.25, -0.2) is 9.78 Å². The van der Waals surface area contributed by atoms with Gasteiger partial charge in [-0.15, -0.1) is 0 Å². The van der Waals surface area contributed by atoms with E-state index >= 15 is 0 Å². The van der Waals surface area contributed by atoms with Crippen molar-refractivity contribution in [1.29, 1.82) is 0 Å². The fourth-order valence-electron chi connectivity index (χ4n) is 2.43. The fraction of sp³-hybridized carbons (Fsp3) is 0.467. The Hall–Kier alpha value is -2.04. The number of nitrogens with zero attached hydrogens (tertiary/aromatic N) is 2. The number of imidazole rings is 1. The molecular formula is C15H20N4O. The van der Waals surface area contributed by atoms with Gasteiger partial charge in [-0.1, -0.05) is 12.1 Å². The van der Waals surface area contributed by atoms with E-state index in [4.69, 9.17) is 0 Å². The molecule has 0 unspecified atom stereocenters. The molecule has 1 aromatic carbocycles. The third-order valence-corrected chi connectivity index (χ3v) is 3.41. The van der Waals surface area contributed by atoms with Crippen LogP contribution in [0.15, 0.2) is 24.3 Å². The van der Waals surface area contributed by atoms with E-state index in [2.05, 4.69) is 26.3 Å². The number of para-hydroxylation sites is 2. The SMILES string of the molecule is CC(C)NC(=O)NCc1nc2ccccc2n1C1CC1. The molecule has 0 atom stereocenters. The molecule has 106 valence electrons. The summed E-state index contributed by atoms with van der Waals surface area (Å²) in [4.78, 5) is 16.3. The van der Waals surface area contributed by atoms with Crippen molar-refractivity contribution in [1.82, 2.24) is 20.2 Å². The van der Waals surface area contributed by atoms with Gasteiger partial charge in [0.1, 0.15) is 5.82 Å². The first-order valence-corrected chi connectivity index (χ1v) is 7.15. The van der Waals surface area contributed by atoms with Crippen LogP contribution in [-0.4, -0.2) is 21.6 Å². The number of nitrogens with one attached hydrogen (secondary N) is 2. The maximum Gasteiger partial charge on any atom is 0.315 e. The molecule has 2 aromatic rings. The number of carbonyl (C=O) groups is 1. The summed E-state index contributed by atoms with van der Waals surface area (Å²) in [5.41, 5.74) is 2.16. The molecule has 0 radical (unpaired) electrons. The van der Waals surface area contributed by atoms with Crippen LogP contribution in [-0.2, 0) is 6.54 Å². The summed E-state index contributed by atoms with van der Waals surface area (Å²) < 4.78 is 2.27. The molecule has 1 aliphatic rings. The van der Waals surface area contributed by atoms with E-state index in [-0.39, 0.29) is 12.1 Å². The second-order valence-corrected chi connectivity index (χ2v) is 5.60. The first-order chi connectivity index (χ1) is 9.65. The van der Waals surface area contributed by atoms with Crippen LogP contribution in [0.5, 0.6) is 0 Å². The fourth-order valence-corrected chi connectivity index (χ4v) is 2.43. The highest BCUT2D eigenvalue weighted by atomic mass is 16.2. The van der Waals surface area contributed by atoms with Gasteiger partial charge in [-0.3, -0.25) is 0 Å². The summed E-state index contributed by atoms with van der Waals surface area (Å²) in [6.07, 6.45) is 2.40. The van der Waals surface area contributed by atoms with Crippen LogP contribution >= 0.6 is 0 Å². The van der Waals surface area contributed by atoms with Crippen LogP contribution in [0, 0.1) is 0 Å². The first-order valence-electron chi connectivity index (χ1n) is 7.15. The Bertz CT molecular complexity index is 628. The summed E-state index contributed by atoms with van der Waals surface area (Å²) in [6, 6.07) is 8.68. The Morgan fingerprint density at radius 3 is 2.85 bits per heavy atom. The number of carbonyl (C=O) groups excluding carboxylic acids is 1. The van der Waals surface area contributed by atoms with Crippen molar-refractivity contribution in [2.24, 2.45) is 0 Å². The van der Waals surface area contributed by atoms with Crippen LogP contribution in [0.1, 0.15) is 38.6 Å². The van der Waals surface area contributed by atoms with Gasteiger partial charge in [-0.2, -0.15) is 0 Å². The van der Waals surface area contributed by atoms with E-state index in [9.17, 15) is 4.79 Å². The molecule has 2 N–H and O–H groups in total. The summed E-state index contributed by atoms with van der Waals surface area (Å²) in [7, 11) is 0. The highest BCUT2D eigenvalue weighted by Gasteiger charge is 2.28. The normalized spacial score (nSPS) is 14.8. The highest BCUT2D eigenvalue weighted by Crippen LogP contribution is 2.38. The van der Waals surface area contributed by atoms with Crippen molar-refractivity contribution in [3.8, 4) is 0 Å². The lowest BCUT2D eigenvalue weighted by Crippen LogP contribution is -2.39. The van der Waals surface area contributed by atoms with Gasteiger partial charge in [0.15, 0.2) is 0 Å². The Morgan fingerprint density at radius 1 is 1.40 bits per heavy atom. The van der Waals surface area contributed by atoms with E-state index in [0.29, 0.717) is 12.6 Å². The van der Waals surface area contributed by atoms with E-state index in [1.165, 1.54) is 12.8 Å². The first kappa shape index (κ1) is 13.0. The maximum absolute atomic E-state index is 11.7. The predicted octanol–water partition coefficient (Wildman–Crippen LogP) is 2.58. The van der Waals surface area contributed by atoms with Crippen LogP contribution in [0.25, 0.3) is 11.0 Å². The van der Waals surface area contributed by atoms with Crippen molar-refractivity contribution in [3.63, 3.8) is 0 Å². The van der Waals surface area contributed by atoms with Crippen molar-refractivity contribution in [2.75, 3.05) is 0 Å². The van der Waals surface area contributed by atoms with Gasteiger partial charge in [0, 0.05) is 12.1 Å². The van der Waals surface area contributed by atoms with Gasteiger partial charge in [0.05, 0.1) is 17.6 Å². The Kier molecular flexibility index (Phi) is 3.34. The number of benzene rings is 1. The molecule has 1 aromatic heterocycles.